The van der Waals surface area contributed by atoms with Crippen LogP contribution in [0.3, 0.4) is 0 Å². The second kappa shape index (κ2) is 16.7. The first kappa shape index (κ1) is 32.1. The number of carbonyl (C=O) groups excluding carboxylic acids is 2. The van der Waals surface area contributed by atoms with Gasteiger partial charge in [-0.05, 0) is 30.6 Å². The molecule has 1 unspecified atom stereocenters. The van der Waals surface area contributed by atoms with Crippen LogP contribution in [0.5, 0.6) is 0 Å². The van der Waals surface area contributed by atoms with Crippen molar-refractivity contribution in [2.45, 2.75) is 66.7 Å². The third kappa shape index (κ3) is 11.0. The van der Waals surface area contributed by atoms with Crippen LogP contribution in [0.2, 0.25) is 0 Å². The van der Waals surface area contributed by atoms with Crippen molar-refractivity contribution < 1.29 is 22.7 Å². The summed E-state index contributed by atoms with van der Waals surface area (Å²) in [5.74, 6) is 4.60. The highest BCUT2D eigenvalue weighted by molar-refractivity contribution is 8.70. The summed E-state index contributed by atoms with van der Waals surface area (Å²) in [5.41, 5.74) is -3.32. The summed E-state index contributed by atoms with van der Waals surface area (Å²) >= 11 is 7.29. The molecule has 7 nitrogen and oxygen atoms in total. The monoisotopic (exact) mass is 538 g/mol. The van der Waals surface area contributed by atoms with Crippen molar-refractivity contribution in [3.05, 3.63) is 12.7 Å². The molecule has 0 aliphatic rings. The summed E-state index contributed by atoms with van der Waals surface area (Å²) in [4.78, 5) is 25.6. The average molecular weight is 539 g/mol. The van der Waals surface area contributed by atoms with E-state index in [-0.39, 0.29) is 37.8 Å². The quantitative estimate of drug-likeness (QED) is 0.0973. The topological polar surface area (TPSA) is 84.0 Å². The van der Waals surface area contributed by atoms with Crippen LogP contribution in [0, 0.1) is 17.8 Å². The zero-order chi connectivity index (χ0) is 25.5. The first-order valence-corrected chi connectivity index (χ1v) is 17.2. The maximum absolute atomic E-state index is 13.5. The molecule has 11 heteroatoms. The van der Waals surface area contributed by atoms with Crippen molar-refractivity contribution in [2.24, 2.45) is 5.92 Å². The highest BCUT2D eigenvalue weighted by atomic mass is 32.9. The molecule has 0 aromatic carbocycles. The second-order valence-electron chi connectivity index (χ2n) is 7.66. The van der Waals surface area contributed by atoms with Gasteiger partial charge in [0.05, 0.1) is 12.4 Å². The molecule has 0 fully saturated rings. The van der Waals surface area contributed by atoms with Gasteiger partial charge in [-0.15, -0.1) is 22.5 Å². The molecular formula is C22H39N2O5PS3. The molecule has 0 aromatic heterocycles. The van der Waals surface area contributed by atoms with Crippen LogP contribution >= 0.6 is 16.9 Å². The predicted octanol–water partition coefficient (Wildman–Crippen LogP) is 4.80. The lowest BCUT2D eigenvalue weighted by Crippen LogP contribution is -2.42. The van der Waals surface area contributed by atoms with E-state index in [2.05, 4.69) is 18.4 Å². The van der Waals surface area contributed by atoms with E-state index in [9.17, 15) is 18.0 Å². The third-order valence-corrected chi connectivity index (χ3v) is 15.5. The zero-order valence-corrected chi connectivity index (χ0v) is 23.9. The van der Waals surface area contributed by atoms with Crippen LogP contribution < -0.4 is 0 Å². The van der Waals surface area contributed by atoms with Gasteiger partial charge in [0.1, 0.15) is 0 Å². The number of sulfonamides is 1. The Morgan fingerprint density at radius 2 is 1.88 bits per heavy atom. The van der Waals surface area contributed by atoms with Crippen LogP contribution in [0.25, 0.3) is 0 Å². The number of rotatable bonds is 15. The number of unbranched alkanes of at least 4 members (excludes halogenated alkanes) is 1. The van der Waals surface area contributed by atoms with E-state index in [4.69, 9.17) is 16.5 Å². The molecule has 190 valence electrons. The normalized spacial score (nSPS) is 13.2. The Bertz CT molecular complexity index is 850. The molecule has 0 aliphatic carbocycles. The molecule has 0 aromatic rings. The van der Waals surface area contributed by atoms with Gasteiger partial charge in [0.25, 0.3) is 0 Å². The number of ether oxygens (including phenoxy) is 1. The summed E-state index contributed by atoms with van der Waals surface area (Å²) in [7, 11) is -3.81. The second-order valence-corrected chi connectivity index (χ2v) is 17.0. The molecule has 0 radical (unpaired) electrons. The highest BCUT2D eigenvalue weighted by Crippen LogP contribution is 2.66. The first-order chi connectivity index (χ1) is 15.5. The number of esters is 1. The molecule has 0 N–H and O–H groups in total. The minimum atomic E-state index is -3.81. The first-order valence-electron chi connectivity index (χ1n) is 11.3. The maximum atomic E-state index is 13.5. The molecule has 33 heavy (non-hydrogen) atoms. The Hall–Kier alpha value is -0.850. The molecule has 1 atom stereocenters. The van der Waals surface area contributed by atoms with Crippen LogP contribution in [0.1, 0.15) is 66.7 Å². The Morgan fingerprint density at radius 3 is 2.39 bits per heavy atom. The molecular weight excluding hydrogens is 499 g/mol. The van der Waals surface area contributed by atoms with Gasteiger partial charge in [0, 0.05) is 31.7 Å². The van der Waals surface area contributed by atoms with Crippen LogP contribution in [-0.2, 0) is 36.2 Å². The van der Waals surface area contributed by atoms with Crippen molar-refractivity contribution in [2.75, 3.05) is 31.2 Å². The standard InChI is InChI=1S/C22H39N2O5PS3/c1-7-11-13-14-16-24(33(27,28)18-12-8-2)30(31,32-19-20(5)6)23(15-9-3)21(25)22(26)29-17-10-4/h9,20H,3,7-8,10,12,14-19H2,1-2,4-6H3. The lowest BCUT2D eigenvalue weighted by molar-refractivity contribution is -0.157. The number of carbonyl (C=O) groups is 2. The highest BCUT2D eigenvalue weighted by Gasteiger charge is 2.44. The van der Waals surface area contributed by atoms with E-state index in [0.29, 0.717) is 31.4 Å². The fraction of sp³-hybridized carbons (Fsp3) is 0.727. The molecule has 0 saturated carbocycles. The number of hydrogen-bond donors (Lipinski definition) is 0. The lowest BCUT2D eigenvalue weighted by atomic mass is 10.3. The Labute approximate surface area is 210 Å². The van der Waals surface area contributed by atoms with Gasteiger partial charge in [-0.2, -0.15) is 0 Å². The lowest BCUT2D eigenvalue weighted by Gasteiger charge is -2.40. The van der Waals surface area contributed by atoms with Gasteiger partial charge in [-0.1, -0.05) is 58.5 Å². The molecule has 0 saturated heterocycles. The summed E-state index contributed by atoms with van der Waals surface area (Å²) in [6.07, 6.45) is 4.13. The van der Waals surface area contributed by atoms with E-state index in [1.807, 2.05) is 34.6 Å². The third-order valence-electron chi connectivity index (χ3n) is 4.12. The molecule has 1 amide bonds. The number of hydrogen-bond acceptors (Lipinski definition) is 7. The van der Waals surface area contributed by atoms with Crippen molar-refractivity contribution >= 4 is 50.6 Å². The average Bonchev–Trinajstić information content (AvgIpc) is 2.77. The van der Waals surface area contributed by atoms with Crippen molar-refractivity contribution in [3.63, 3.8) is 0 Å². The van der Waals surface area contributed by atoms with E-state index >= 15 is 0 Å². The van der Waals surface area contributed by atoms with Gasteiger partial charge < -0.3 is 4.74 Å². The Balaban J connectivity index is 6.58. The van der Waals surface area contributed by atoms with Gasteiger partial charge in [0.15, 0.2) is 5.54 Å². The van der Waals surface area contributed by atoms with Crippen LogP contribution in [0.15, 0.2) is 12.7 Å². The maximum Gasteiger partial charge on any atom is 0.397 e. The van der Waals surface area contributed by atoms with Crippen molar-refractivity contribution in [3.8, 4) is 11.8 Å². The van der Waals surface area contributed by atoms with Gasteiger partial charge in [-0.3, -0.25) is 9.46 Å². The zero-order valence-electron chi connectivity index (χ0n) is 20.5. The van der Waals surface area contributed by atoms with E-state index in [1.165, 1.54) is 26.2 Å². The number of amides is 1. The van der Waals surface area contributed by atoms with Gasteiger partial charge in [-0.25, -0.2) is 13.2 Å². The molecule has 0 heterocycles. The smallest absolute Gasteiger partial charge is 0.397 e. The summed E-state index contributed by atoms with van der Waals surface area (Å²) in [6.45, 7) is 13.4. The minimum Gasteiger partial charge on any atom is -0.459 e. The molecule has 0 bridgehead atoms. The Kier molecular flexibility index (Phi) is 16.3. The largest absolute Gasteiger partial charge is 0.459 e. The van der Waals surface area contributed by atoms with E-state index < -0.39 is 27.4 Å². The van der Waals surface area contributed by atoms with Crippen LogP contribution in [0.4, 0.5) is 0 Å². The van der Waals surface area contributed by atoms with Gasteiger partial charge >= 0.3 is 11.9 Å². The van der Waals surface area contributed by atoms with E-state index in [1.54, 1.807) is 0 Å². The van der Waals surface area contributed by atoms with Gasteiger partial charge in [0.2, 0.25) is 10.0 Å². The summed E-state index contributed by atoms with van der Waals surface area (Å²) in [5, 5.41) is 0. The summed E-state index contributed by atoms with van der Waals surface area (Å²) < 4.78 is 34.4. The SMILES string of the molecule is C=CCN(C(=O)C(=O)OCCC)P(=S)(SCC(C)C)N(CCC#CCC)S(=O)(=O)CCCC. The molecule has 0 aliphatic heterocycles. The molecule has 0 spiro atoms. The predicted molar refractivity (Wildman–Crippen MR) is 143 cm³/mol. The Morgan fingerprint density at radius 1 is 1.21 bits per heavy atom. The number of nitrogens with zero attached hydrogens (tertiary/aromatic N) is 2. The fourth-order valence-electron chi connectivity index (χ4n) is 2.51. The molecule has 0 rings (SSSR count). The van der Waals surface area contributed by atoms with Crippen molar-refractivity contribution in [1.82, 2.24) is 8.75 Å². The van der Waals surface area contributed by atoms with Crippen molar-refractivity contribution in [1.29, 1.82) is 0 Å². The fourth-order valence-corrected chi connectivity index (χ4v) is 13.9. The minimum absolute atomic E-state index is 0.0527. The van der Waals surface area contributed by atoms with Crippen LogP contribution in [-0.4, -0.2) is 60.2 Å². The summed E-state index contributed by atoms with van der Waals surface area (Å²) in [6, 6.07) is 0. The van der Waals surface area contributed by atoms with E-state index in [0.717, 1.165) is 0 Å².